The topological polar surface area (TPSA) is 76.9 Å². The Labute approximate surface area is 149 Å². The van der Waals surface area contributed by atoms with E-state index in [0.717, 1.165) is 16.3 Å². The SMILES string of the molecule is Cc1ccc(C(=O)CCC(=O)Nc2cccc(-c3nncn3C)c2)s1. The first kappa shape index (κ1) is 17.0. The van der Waals surface area contributed by atoms with Gasteiger partial charge in [0.1, 0.15) is 6.33 Å². The molecule has 1 amide bonds. The first-order valence-electron chi connectivity index (χ1n) is 7.87. The Morgan fingerprint density at radius 3 is 2.72 bits per heavy atom. The van der Waals surface area contributed by atoms with Crippen LogP contribution in [0, 0.1) is 6.92 Å². The molecule has 0 aliphatic heterocycles. The Kier molecular flexibility index (Phi) is 5.04. The van der Waals surface area contributed by atoms with E-state index in [1.54, 1.807) is 6.33 Å². The van der Waals surface area contributed by atoms with Gasteiger partial charge < -0.3 is 9.88 Å². The van der Waals surface area contributed by atoms with Crippen LogP contribution >= 0.6 is 11.3 Å². The van der Waals surface area contributed by atoms with E-state index in [1.807, 2.05) is 54.9 Å². The second-order valence-electron chi connectivity index (χ2n) is 5.73. The lowest BCUT2D eigenvalue weighted by molar-refractivity contribution is -0.116. The number of amides is 1. The highest BCUT2D eigenvalue weighted by molar-refractivity contribution is 7.14. The smallest absolute Gasteiger partial charge is 0.224 e. The van der Waals surface area contributed by atoms with Gasteiger partial charge in [-0.25, -0.2) is 0 Å². The fourth-order valence-electron chi connectivity index (χ4n) is 2.44. The van der Waals surface area contributed by atoms with E-state index in [0.29, 0.717) is 10.6 Å². The summed E-state index contributed by atoms with van der Waals surface area (Å²) in [5.74, 6) is 0.539. The number of nitrogens with zero attached hydrogens (tertiary/aromatic N) is 3. The molecule has 6 nitrogen and oxygen atoms in total. The standard InChI is InChI=1S/C18H18N4O2S/c1-12-6-8-16(25-12)15(23)7-9-17(24)20-14-5-3-4-13(10-14)18-21-19-11-22(18)2/h3-6,8,10-11H,7,9H2,1-2H3,(H,20,24). The third-order valence-electron chi connectivity index (χ3n) is 3.71. The van der Waals surface area contributed by atoms with Crippen molar-refractivity contribution in [2.45, 2.75) is 19.8 Å². The molecular weight excluding hydrogens is 336 g/mol. The Balaban J connectivity index is 1.60. The zero-order valence-corrected chi connectivity index (χ0v) is 14.8. The minimum atomic E-state index is -0.184. The minimum absolute atomic E-state index is 0.00101. The molecule has 3 aromatic rings. The van der Waals surface area contributed by atoms with Crippen molar-refractivity contribution >= 4 is 28.7 Å². The second kappa shape index (κ2) is 7.40. The molecule has 2 heterocycles. The van der Waals surface area contributed by atoms with Gasteiger partial charge in [0.15, 0.2) is 11.6 Å². The van der Waals surface area contributed by atoms with Gasteiger partial charge in [-0.3, -0.25) is 9.59 Å². The summed E-state index contributed by atoms with van der Waals surface area (Å²) >= 11 is 1.46. The summed E-state index contributed by atoms with van der Waals surface area (Å²) in [6.45, 7) is 1.96. The molecule has 0 bridgehead atoms. The number of aromatic nitrogens is 3. The largest absolute Gasteiger partial charge is 0.326 e. The molecule has 1 aromatic carbocycles. The minimum Gasteiger partial charge on any atom is -0.326 e. The van der Waals surface area contributed by atoms with Gasteiger partial charge >= 0.3 is 0 Å². The lowest BCUT2D eigenvalue weighted by atomic mass is 10.1. The summed E-state index contributed by atoms with van der Waals surface area (Å²) in [6.07, 6.45) is 1.98. The van der Waals surface area contributed by atoms with E-state index < -0.39 is 0 Å². The summed E-state index contributed by atoms with van der Waals surface area (Å²) in [6, 6.07) is 11.1. The maximum atomic E-state index is 12.1. The van der Waals surface area contributed by atoms with Crippen LogP contribution in [0.15, 0.2) is 42.7 Å². The molecule has 2 aromatic heterocycles. The highest BCUT2D eigenvalue weighted by Crippen LogP contribution is 2.21. The van der Waals surface area contributed by atoms with E-state index in [9.17, 15) is 9.59 Å². The predicted molar refractivity (Wildman–Crippen MR) is 97.7 cm³/mol. The van der Waals surface area contributed by atoms with Crippen LogP contribution in [0.4, 0.5) is 5.69 Å². The molecule has 0 aliphatic carbocycles. The lowest BCUT2D eigenvalue weighted by Crippen LogP contribution is -2.13. The monoisotopic (exact) mass is 354 g/mol. The summed E-state index contributed by atoms with van der Waals surface area (Å²) < 4.78 is 1.81. The van der Waals surface area contributed by atoms with Crippen LogP contribution in [-0.2, 0) is 11.8 Å². The zero-order valence-electron chi connectivity index (χ0n) is 14.0. The van der Waals surface area contributed by atoms with Crippen molar-refractivity contribution in [1.29, 1.82) is 0 Å². The number of aryl methyl sites for hydroxylation is 2. The third-order valence-corrected chi connectivity index (χ3v) is 4.75. The van der Waals surface area contributed by atoms with Gasteiger partial charge in [0.25, 0.3) is 0 Å². The van der Waals surface area contributed by atoms with Gasteiger partial charge in [-0.2, -0.15) is 0 Å². The van der Waals surface area contributed by atoms with Gasteiger partial charge in [0.2, 0.25) is 5.91 Å². The van der Waals surface area contributed by atoms with Crippen molar-refractivity contribution in [2.75, 3.05) is 5.32 Å². The van der Waals surface area contributed by atoms with E-state index in [2.05, 4.69) is 15.5 Å². The molecule has 0 aliphatic rings. The quantitative estimate of drug-likeness (QED) is 0.688. The molecule has 1 N–H and O–H groups in total. The van der Waals surface area contributed by atoms with E-state index in [1.165, 1.54) is 11.3 Å². The first-order valence-corrected chi connectivity index (χ1v) is 8.68. The molecular formula is C18H18N4O2S. The van der Waals surface area contributed by atoms with Gasteiger partial charge in [-0.05, 0) is 31.2 Å². The number of hydrogen-bond donors (Lipinski definition) is 1. The maximum Gasteiger partial charge on any atom is 0.224 e. The Morgan fingerprint density at radius 1 is 1.20 bits per heavy atom. The van der Waals surface area contributed by atoms with Gasteiger partial charge in [-0.15, -0.1) is 21.5 Å². The molecule has 0 saturated carbocycles. The molecule has 0 fully saturated rings. The molecule has 0 spiro atoms. The predicted octanol–water partition coefficient (Wildman–Crippen LogP) is 3.45. The van der Waals surface area contributed by atoms with Crippen LogP contribution in [0.2, 0.25) is 0 Å². The Bertz CT molecular complexity index is 913. The third kappa shape index (κ3) is 4.19. The van der Waals surface area contributed by atoms with Crippen molar-refractivity contribution in [2.24, 2.45) is 7.05 Å². The number of rotatable bonds is 6. The maximum absolute atomic E-state index is 12.1. The number of carbonyl (C=O) groups is 2. The van der Waals surface area contributed by atoms with Crippen LogP contribution in [-0.4, -0.2) is 26.5 Å². The summed E-state index contributed by atoms with van der Waals surface area (Å²) in [5.41, 5.74) is 1.54. The number of Topliss-reactive ketones (excluding diaryl/α,β-unsaturated/α-hetero) is 1. The molecule has 3 rings (SSSR count). The number of carbonyl (C=O) groups excluding carboxylic acids is 2. The highest BCUT2D eigenvalue weighted by atomic mass is 32.1. The molecule has 128 valence electrons. The van der Waals surface area contributed by atoms with Gasteiger partial charge in [-0.1, -0.05) is 12.1 Å². The van der Waals surface area contributed by atoms with Crippen molar-refractivity contribution < 1.29 is 9.59 Å². The number of ketones is 1. The molecule has 0 saturated heterocycles. The van der Waals surface area contributed by atoms with Crippen molar-refractivity contribution in [3.63, 3.8) is 0 Å². The Hall–Kier alpha value is -2.80. The molecule has 0 unspecified atom stereocenters. The van der Waals surface area contributed by atoms with Crippen LogP contribution in [0.1, 0.15) is 27.4 Å². The number of nitrogens with one attached hydrogen (secondary N) is 1. The van der Waals surface area contributed by atoms with Crippen LogP contribution in [0.25, 0.3) is 11.4 Å². The fourth-order valence-corrected chi connectivity index (χ4v) is 3.27. The first-order chi connectivity index (χ1) is 12.0. The highest BCUT2D eigenvalue weighted by Gasteiger charge is 2.12. The van der Waals surface area contributed by atoms with Crippen LogP contribution in [0.5, 0.6) is 0 Å². The number of thiophene rings is 1. The van der Waals surface area contributed by atoms with E-state index >= 15 is 0 Å². The number of anilines is 1. The summed E-state index contributed by atoms with van der Waals surface area (Å²) in [7, 11) is 1.86. The second-order valence-corrected chi connectivity index (χ2v) is 7.02. The number of hydrogen-bond acceptors (Lipinski definition) is 5. The van der Waals surface area contributed by atoms with Crippen LogP contribution in [0.3, 0.4) is 0 Å². The van der Waals surface area contributed by atoms with Crippen LogP contribution < -0.4 is 5.32 Å². The van der Waals surface area contributed by atoms with Crippen molar-refractivity contribution in [3.8, 4) is 11.4 Å². The Morgan fingerprint density at radius 2 is 2.04 bits per heavy atom. The summed E-state index contributed by atoms with van der Waals surface area (Å²) in [5, 5.41) is 10.7. The van der Waals surface area contributed by atoms with E-state index in [-0.39, 0.29) is 24.5 Å². The molecule has 0 atom stereocenters. The average Bonchev–Trinajstić information content (AvgIpc) is 3.21. The summed E-state index contributed by atoms with van der Waals surface area (Å²) in [4.78, 5) is 26.0. The van der Waals surface area contributed by atoms with Gasteiger partial charge in [0, 0.05) is 36.0 Å². The van der Waals surface area contributed by atoms with Crippen molar-refractivity contribution in [3.05, 3.63) is 52.5 Å². The average molecular weight is 354 g/mol. The zero-order chi connectivity index (χ0) is 17.8. The normalized spacial score (nSPS) is 10.6. The fraction of sp³-hybridized carbons (Fsp3) is 0.222. The molecule has 0 radical (unpaired) electrons. The van der Waals surface area contributed by atoms with Gasteiger partial charge in [0.05, 0.1) is 4.88 Å². The lowest BCUT2D eigenvalue weighted by Gasteiger charge is -2.07. The van der Waals surface area contributed by atoms with E-state index in [4.69, 9.17) is 0 Å². The molecule has 25 heavy (non-hydrogen) atoms. The van der Waals surface area contributed by atoms with Crippen molar-refractivity contribution in [1.82, 2.24) is 14.8 Å². The number of benzene rings is 1. The molecule has 7 heteroatoms.